The lowest BCUT2D eigenvalue weighted by Gasteiger charge is -2.10. The molecule has 0 aliphatic rings. The molecule has 1 atom stereocenters. The highest BCUT2D eigenvalue weighted by molar-refractivity contribution is 5.73. The molecule has 0 heterocycles. The SMILES string of the molecule is NC(=O)CCCC(O)c1cccc(C#CCCc2ccccc2)c1. The van der Waals surface area contributed by atoms with Crippen molar-refractivity contribution < 1.29 is 9.90 Å². The topological polar surface area (TPSA) is 63.3 Å². The zero-order chi connectivity index (χ0) is 17.2. The van der Waals surface area contributed by atoms with E-state index >= 15 is 0 Å². The smallest absolute Gasteiger partial charge is 0.217 e. The summed E-state index contributed by atoms with van der Waals surface area (Å²) in [6, 6.07) is 17.9. The average Bonchev–Trinajstić information content (AvgIpc) is 2.59. The van der Waals surface area contributed by atoms with E-state index in [-0.39, 0.29) is 5.91 Å². The van der Waals surface area contributed by atoms with Gasteiger partial charge in [-0.2, -0.15) is 0 Å². The second-order valence-electron chi connectivity index (χ2n) is 5.79. The van der Waals surface area contributed by atoms with Gasteiger partial charge in [0.05, 0.1) is 6.10 Å². The minimum atomic E-state index is -0.588. The third-order valence-corrected chi connectivity index (χ3v) is 3.79. The van der Waals surface area contributed by atoms with Gasteiger partial charge >= 0.3 is 0 Å². The van der Waals surface area contributed by atoms with E-state index in [4.69, 9.17) is 5.73 Å². The lowest BCUT2D eigenvalue weighted by molar-refractivity contribution is -0.118. The average molecular weight is 321 g/mol. The summed E-state index contributed by atoms with van der Waals surface area (Å²) in [5.74, 6) is 6.00. The van der Waals surface area contributed by atoms with Crippen molar-refractivity contribution in [3.05, 3.63) is 71.3 Å². The Balaban J connectivity index is 1.88. The van der Waals surface area contributed by atoms with Crippen LogP contribution < -0.4 is 5.73 Å². The first-order valence-electron chi connectivity index (χ1n) is 8.24. The third kappa shape index (κ3) is 6.28. The summed E-state index contributed by atoms with van der Waals surface area (Å²) in [6.07, 6.45) is 2.56. The Labute approximate surface area is 143 Å². The van der Waals surface area contributed by atoms with Gasteiger partial charge in [-0.25, -0.2) is 0 Å². The fourth-order valence-corrected chi connectivity index (χ4v) is 2.48. The summed E-state index contributed by atoms with van der Waals surface area (Å²) in [5, 5.41) is 10.2. The molecule has 0 saturated carbocycles. The first-order valence-corrected chi connectivity index (χ1v) is 8.24. The summed E-state index contributed by atoms with van der Waals surface area (Å²) in [6.45, 7) is 0. The number of aliphatic hydroxyl groups excluding tert-OH is 1. The zero-order valence-electron chi connectivity index (χ0n) is 13.7. The Morgan fingerprint density at radius 3 is 2.67 bits per heavy atom. The van der Waals surface area contributed by atoms with Crippen LogP contribution in [0.3, 0.4) is 0 Å². The van der Waals surface area contributed by atoms with Crippen molar-refractivity contribution in [2.75, 3.05) is 0 Å². The number of carbonyl (C=O) groups is 1. The van der Waals surface area contributed by atoms with Crippen LogP contribution in [0.25, 0.3) is 0 Å². The summed E-state index contributed by atoms with van der Waals surface area (Å²) >= 11 is 0. The van der Waals surface area contributed by atoms with Gasteiger partial charge in [-0.1, -0.05) is 54.3 Å². The maximum absolute atomic E-state index is 10.7. The second-order valence-corrected chi connectivity index (χ2v) is 5.79. The molecule has 0 saturated heterocycles. The van der Waals surface area contributed by atoms with Crippen LogP contribution in [0.1, 0.15) is 48.5 Å². The lowest BCUT2D eigenvalue weighted by atomic mass is 10.0. The molecule has 2 aromatic rings. The summed E-state index contributed by atoms with van der Waals surface area (Å²) in [4.78, 5) is 10.7. The number of benzene rings is 2. The monoisotopic (exact) mass is 321 g/mol. The van der Waals surface area contributed by atoms with E-state index in [1.807, 2.05) is 42.5 Å². The molecule has 1 amide bonds. The lowest BCUT2D eigenvalue weighted by Crippen LogP contribution is -2.10. The highest BCUT2D eigenvalue weighted by Gasteiger charge is 2.08. The van der Waals surface area contributed by atoms with E-state index in [2.05, 4.69) is 24.0 Å². The van der Waals surface area contributed by atoms with Crippen LogP contribution in [0.4, 0.5) is 0 Å². The Morgan fingerprint density at radius 1 is 1.12 bits per heavy atom. The van der Waals surface area contributed by atoms with Crippen LogP contribution >= 0.6 is 0 Å². The Morgan fingerprint density at radius 2 is 1.92 bits per heavy atom. The molecule has 3 N–H and O–H groups in total. The first kappa shape index (κ1) is 17.8. The third-order valence-electron chi connectivity index (χ3n) is 3.79. The van der Waals surface area contributed by atoms with Crippen LogP contribution in [0.5, 0.6) is 0 Å². The molecule has 3 heteroatoms. The molecule has 0 fully saturated rings. The van der Waals surface area contributed by atoms with Crippen LogP contribution in [0, 0.1) is 11.8 Å². The van der Waals surface area contributed by atoms with Crippen LogP contribution in [0.2, 0.25) is 0 Å². The van der Waals surface area contributed by atoms with Gasteiger partial charge in [-0.15, -0.1) is 0 Å². The summed E-state index contributed by atoms with van der Waals surface area (Å²) in [7, 11) is 0. The highest BCUT2D eigenvalue weighted by atomic mass is 16.3. The number of amides is 1. The normalized spacial score (nSPS) is 11.4. The summed E-state index contributed by atoms with van der Waals surface area (Å²) < 4.78 is 0. The number of carbonyl (C=O) groups excluding carboxylic acids is 1. The molecule has 0 aromatic heterocycles. The second kappa shape index (κ2) is 9.54. The van der Waals surface area contributed by atoms with Gasteiger partial charge in [0.2, 0.25) is 5.91 Å². The predicted molar refractivity (Wildman–Crippen MR) is 96.1 cm³/mol. The van der Waals surface area contributed by atoms with Gasteiger partial charge in [0, 0.05) is 18.4 Å². The fraction of sp³-hybridized carbons (Fsp3) is 0.286. The molecule has 1 unspecified atom stereocenters. The number of hydrogen-bond acceptors (Lipinski definition) is 2. The van der Waals surface area contributed by atoms with Crippen molar-refractivity contribution in [3.63, 3.8) is 0 Å². The van der Waals surface area contributed by atoms with E-state index in [0.717, 1.165) is 24.0 Å². The van der Waals surface area contributed by atoms with Gasteiger partial charge in [-0.05, 0) is 42.5 Å². The molecule has 124 valence electrons. The van der Waals surface area contributed by atoms with Gasteiger partial charge < -0.3 is 10.8 Å². The van der Waals surface area contributed by atoms with E-state index < -0.39 is 6.10 Å². The van der Waals surface area contributed by atoms with Crippen molar-refractivity contribution >= 4 is 5.91 Å². The maximum atomic E-state index is 10.7. The molecule has 0 spiro atoms. The number of primary amides is 1. The van der Waals surface area contributed by atoms with Crippen LogP contribution in [0.15, 0.2) is 54.6 Å². The van der Waals surface area contributed by atoms with Crippen molar-refractivity contribution in [1.82, 2.24) is 0 Å². The first-order chi connectivity index (χ1) is 11.6. The van der Waals surface area contributed by atoms with E-state index in [1.165, 1.54) is 5.56 Å². The molecule has 0 bridgehead atoms. The minimum Gasteiger partial charge on any atom is -0.388 e. The minimum absolute atomic E-state index is 0.302. The Kier molecular flexibility index (Phi) is 7.07. The van der Waals surface area contributed by atoms with E-state index in [0.29, 0.717) is 19.3 Å². The molecule has 24 heavy (non-hydrogen) atoms. The number of aliphatic hydroxyl groups is 1. The Bertz CT molecular complexity index is 713. The molecule has 0 aliphatic carbocycles. The van der Waals surface area contributed by atoms with Gasteiger partial charge in [-0.3, -0.25) is 4.79 Å². The van der Waals surface area contributed by atoms with Crippen molar-refractivity contribution in [2.45, 2.75) is 38.2 Å². The molecule has 3 nitrogen and oxygen atoms in total. The van der Waals surface area contributed by atoms with Crippen molar-refractivity contribution in [2.24, 2.45) is 5.73 Å². The number of nitrogens with two attached hydrogens (primary N) is 1. The van der Waals surface area contributed by atoms with Gasteiger partial charge in [0.1, 0.15) is 0 Å². The zero-order valence-corrected chi connectivity index (χ0v) is 13.7. The van der Waals surface area contributed by atoms with Gasteiger partial charge in [0.15, 0.2) is 0 Å². The molecule has 0 aliphatic heterocycles. The molecule has 2 aromatic carbocycles. The van der Waals surface area contributed by atoms with E-state index in [1.54, 1.807) is 0 Å². The quantitative estimate of drug-likeness (QED) is 0.768. The number of rotatable bonds is 7. The van der Waals surface area contributed by atoms with Crippen LogP contribution in [-0.2, 0) is 11.2 Å². The number of hydrogen-bond donors (Lipinski definition) is 2. The van der Waals surface area contributed by atoms with Crippen LogP contribution in [-0.4, -0.2) is 11.0 Å². The standard InChI is InChI=1S/C21H23NO2/c22-21(24)15-7-14-20(23)19-13-6-12-18(16-19)11-5-4-10-17-8-2-1-3-9-17/h1-3,6,8-9,12-13,16,20,23H,4,7,10,14-15H2,(H2,22,24). The van der Waals surface area contributed by atoms with E-state index in [9.17, 15) is 9.90 Å². The van der Waals surface area contributed by atoms with Crippen molar-refractivity contribution in [1.29, 1.82) is 0 Å². The molecular weight excluding hydrogens is 298 g/mol. The molecule has 0 radical (unpaired) electrons. The maximum Gasteiger partial charge on any atom is 0.217 e. The molecular formula is C21H23NO2. The summed E-state index contributed by atoms with van der Waals surface area (Å²) in [5.41, 5.74) is 8.12. The van der Waals surface area contributed by atoms with Gasteiger partial charge in [0.25, 0.3) is 0 Å². The highest BCUT2D eigenvalue weighted by Crippen LogP contribution is 2.19. The molecule has 2 rings (SSSR count). The Hall–Kier alpha value is -2.57. The number of aryl methyl sites for hydroxylation is 1. The largest absolute Gasteiger partial charge is 0.388 e. The fourth-order valence-electron chi connectivity index (χ4n) is 2.48. The predicted octanol–water partition coefficient (Wildman–Crippen LogP) is 3.36. The van der Waals surface area contributed by atoms with Crippen molar-refractivity contribution in [3.8, 4) is 11.8 Å².